The predicted molar refractivity (Wildman–Crippen MR) is 83.7 cm³/mol. The van der Waals surface area contributed by atoms with Crippen LogP contribution >= 0.6 is 0 Å². The molecule has 2 fully saturated rings. The van der Waals surface area contributed by atoms with Gasteiger partial charge in [-0.25, -0.2) is 0 Å². The van der Waals surface area contributed by atoms with Crippen molar-refractivity contribution in [2.75, 3.05) is 46.4 Å². The zero-order valence-electron chi connectivity index (χ0n) is 13.2. The lowest BCUT2D eigenvalue weighted by Gasteiger charge is -2.36. The number of nitrogens with one attached hydrogen (secondary N) is 1. The largest absolute Gasteiger partial charge is 0.376 e. The molecule has 0 bridgehead atoms. The van der Waals surface area contributed by atoms with Crippen molar-refractivity contribution < 1.29 is 9.26 Å². The Morgan fingerprint density at radius 2 is 2.27 bits per heavy atom. The van der Waals surface area contributed by atoms with Crippen molar-refractivity contribution in [3.63, 3.8) is 0 Å². The zero-order chi connectivity index (χ0) is 15.2. The van der Waals surface area contributed by atoms with E-state index in [0.717, 1.165) is 63.9 Å². The normalized spacial score (nSPS) is 24.0. The second-order valence-corrected chi connectivity index (χ2v) is 5.82. The van der Waals surface area contributed by atoms with Crippen LogP contribution in [-0.2, 0) is 11.3 Å². The third-order valence-corrected chi connectivity index (χ3v) is 4.27. The molecule has 1 aromatic heterocycles. The third-order valence-electron chi connectivity index (χ3n) is 4.27. The van der Waals surface area contributed by atoms with Crippen molar-refractivity contribution >= 4 is 5.96 Å². The first-order chi connectivity index (χ1) is 10.8. The van der Waals surface area contributed by atoms with Crippen LogP contribution < -0.4 is 5.32 Å². The summed E-state index contributed by atoms with van der Waals surface area (Å²) in [6.07, 6.45) is 4.29. The number of piperazine rings is 1. The van der Waals surface area contributed by atoms with Crippen LogP contribution in [0.5, 0.6) is 0 Å². The Labute approximate surface area is 131 Å². The fraction of sp³-hybridized carbons (Fsp3) is 0.733. The molecule has 0 saturated carbocycles. The van der Waals surface area contributed by atoms with Gasteiger partial charge in [0, 0.05) is 59.0 Å². The van der Waals surface area contributed by atoms with E-state index in [9.17, 15) is 0 Å². The number of aromatic nitrogens is 1. The molecule has 2 aliphatic rings. The lowest BCUT2D eigenvalue weighted by atomic mass is 10.2. The molecular formula is C15H25N5O2. The first-order valence-electron chi connectivity index (χ1n) is 8.04. The molecule has 1 atom stereocenters. The number of hydrogen-bond acceptors (Lipinski definition) is 5. The molecule has 3 heterocycles. The van der Waals surface area contributed by atoms with Crippen molar-refractivity contribution in [3.05, 3.63) is 18.0 Å². The molecule has 3 rings (SSSR count). The summed E-state index contributed by atoms with van der Waals surface area (Å²) in [5, 5.41) is 7.42. The highest BCUT2D eigenvalue weighted by molar-refractivity contribution is 5.80. The van der Waals surface area contributed by atoms with Gasteiger partial charge in [0.1, 0.15) is 6.26 Å². The van der Waals surface area contributed by atoms with Crippen LogP contribution in [-0.4, -0.2) is 73.4 Å². The van der Waals surface area contributed by atoms with Crippen LogP contribution in [0.2, 0.25) is 0 Å². The lowest BCUT2D eigenvalue weighted by molar-refractivity contribution is 0.112. The molecule has 2 saturated heterocycles. The quantitative estimate of drug-likeness (QED) is 0.647. The lowest BCUT2D eigenvalue weighted by Crippen LogP contribution is -2.53. The van der Waals surface area contributed by atoms with Gasteiger partial charge in [-0.3, -0.25) is 9.89 Å². The highest BCUT2D eigenvalue weighted by Crippen LogP contribution is 2.11. The molecule has 0 aliphatic carbocycles. The fourth-order valence-corrected chi connectivity index (χ4v) is 3.01. The van der Waals surface area contributed by atoms with Crippen LogP contribution in [0.15, 0.2) is 21.8 Å². The number of hydrogen-bond donors (Lipinski definition) is 1. The zero-order valence-corrected chi connectivity index (χ0v) is 13.2. The second-order valence-electron chi connectivity index (χ2n) is 5.82. The van der Waals surface area contributed by atoms with Crippen molar-refractivity contribution in [2.24, 2.45) is 4.99 Å². The highest BCUT2D eigenvalue weighted by Gasteiger charge is 2.21. The first-order valence-corrected chi connectivity index (χ1v) is 8.04. The molecule has 0 radical (unpaired) electrons. The summed E-state index contributed by atoms with van der Waals surface area (Å²) in [6, 6.07) is 1.93. The molecule has 1 aromatic rings. The van der Waals surface area contributed by atoms with Gasteiger partial charge in [0.05, 0.1) is 11.8 Å². The standard InChI is InChI=1S/C15H25N5O2/c1-16-15(17-11-14-3-2-9-21-14)20-7-5-19(6-8-20)12-13-4-10-22-18-13/h4,10,14H,2-3,5-9,11-12H2,1H3,(H,16,17). The van der Waals surface area contributed by atoms with E-state index in [-0.39, 0.29) is 0 Å². The Morgan fingerprint density at radius 3 is 2.91 bits per heavy atom. The molecule has 0 amide bonds. The summed E-state index contributed by atoms with van der Waals surface area (Å²) >= 11 is 0. The molecular weight excluding hydrogens is 282 g/mol. The van der Waals surface area contributed by atoms with Crippen LogP contribution in [0, 0.1) is 0 Å². The van der Waals surface area contributed by atoms with Gasteiger partial charge >= 0.3 is 0 Å². The predicted octanol–water partition coefficient (Wildman–Crippen LogP) is 0.547. The van der Waals surface area contributed by atoms with Gasteiger partial charge in [-0.2, -0.15) is 0 Å². The van der Waals surface area contributed by atoms with Crippen molar-refractivity contribution in [3.8, 4) is 0 Å². The Hall–Kier alpha value is -1.60. The number of aliphatic imine (C=N–C) groups is 1. The fourth-order valence-electron chi connectivity index (χ4n) is 3.01. The van der Waals surface area contributed by atoms with Gasteiger partial charge in [0.15, 0.2) is 5.96 Å². The number of rotatable bonds is 4. The van der Waals surface area contributed by atoms with Gasteiger partial charge < -0.3 is 19.5 Å². The molecule has 122 valence electrons. The number of nitrogens with zero attached hydrogens (tertiary/aromatic N) is 4. The molecule has 1 unspecified atom stereocenters. The Balaban J connectivity index is 1.42. The average Bonchev–Trinajstić information content (AvgIpc) is 3.23. The summed E-state index contributed by atoms with van der Waals surface area (Å²) in [5.74, 6) is 0.983. The molecule has 1 N–H and O–H groups in total. The summed E-state index contributed by atoms with van der Waals surface area (Å²) in [6.45, 7) is 6.57. The minimum Gasteiger partial charge on any atom is -0.376 e. The summed E-state index contributed by atoms with van der Waals surface area (Å²) < 4.78 is 10.5. The summed E-state index contributed by atoms with van der Waals surface area (Å²) in [4.78, 5) is 9.11. The van der Waals surface area contributed by atoms with Crippen LogP contribution in [0.3, 0.4) is 0 Å². The summed E-state index contributed by atoms with van der Waals surface area (Å²) in [7, 11) is 1.85. The average molecular weight is 307 g/mol. The monoisotopic (exact) mass is 307 g/mol. The van der Waals surface area contributed by atoms with Crippen molar-refractivity contribution in [2.45, 2.75) is 25.5 Å². The minimum atomic E-state index is 0.338. The Kier molecular flexibility index (Phi) is 5.29. The van der Waals surface area contributed by atoms with Gasteiger partial charge in [0.25, 0.3) is 0 Å². The van der Waals surface area contributed by atoms with E-state index in [0.29, 0.717) is 6.10 Å². The topological polar surface area (TPSA) is 66.1 Å². The third kappa shape index (κ3) is 3.98. The van der Waals surface area contributed by atoms with Crippen molar-refractivity contribution in [1.29, 1.82) is 0 Å². The van der Waals surface area contributed by atoms with E-state index in [1.54, 1.807) is 6.26 Å². The van der Waals surface area contributed by atoms with Gasteiger partial charge in [-0.15, -0.1) is 0 Å². The molecule has 2 aliphatic heterocycles. The number of guanidine groups is 1. The van der Waals surface area contributed by atoms with Crippen LogP contribution in [0.4, 0.5) is 0 Å². The Morgan fingerprint density at radius 1 is 1.41 bits per heavy atom. The van der Waals surface area contributed by atoms with E-state index in [1.807, 2.05) is 13.1 Å². The van der Waals surface area contributed by atoms with Crippen LogP contribution in [0.1, 0.15) is 18.5 Å². The SMILES string of the molecule is CN=C(NCC1CCCO1)N1CCN(Cc2ccon2)CC1. The van der Waals surface area contributed by atoms with Gasteiger partial charge in [-0.1, -0.05) is 5.16 Å². The maximum Gasteiger partial charge on any atom is 0.193 e. The molecule has 0 spiro atoms. The molecule has 22 heavy (non-hydrogen) atoms. The maximum atomic E-state index is 5.65. The van der Waals surface area contributed by atoms with Crippen molar-refractivity contribution in [1.82, 2.24) is 20.3 Å². The van der Waals surface area contributed by atoms with Gasteiger partial charge in [0.2, 0.25) is 0 Å². The first kappa shape index (κ1) is 15.3. The van der Waals surface area contributed by atoms with E-state index in [1.165, 1.54) is 6.42 Å². The maximum absolute atomic E-state index is 5.65. The highest BCUT2D eigenvalue weighted by atomic mass is 16.5. The minimum absolute atomic E-state index is 0.338. The number of ether oxygens (including phenoxy) is 1. The smallest absolute Gasteiger partial charge is 0.193 e. The molecule has 7 heteroatoms. The van der Waals surface area contributed by atoms with Crippen LogP contribution in [0.25, 0.3) is 0 Å². The van der Waals surface area contributed by atoms with E-state index in [2.05, 4.69) is 25.3 Å². The molecule has 7 nitrogen and oxygen atoms in total. The van der Waals surface area contributed by atoms with E-state index >= 15 is 0 Å². The second kappa shape index (κ2) is 7.60. The molecule has 0 aromatic carbocycles. The van der Waals surface area contributed by atoms with E-state index < -0.39 is 0 Å². The Bertz CT molecular complexity index is 462. The van der Waals surface area contributed by atoms with E-state index in [4.69, 9.17) is 9.26 Å². The van der Waals surface area contributed by atoms with Gasteiger partial charge in [-0.05, 0) is 12.8 Å². The summed E-state index contributed by atoms with van der Waals surface area (Å²) in [5.41, 5.74) is 0.995.